The quantitative estimate of drug-likeness (QED) is 0.657. The van der Waals surface area contributed by atoms with Crippen LogP contribution in [0, 0.1) is 5.92 Å². The summed E-state index contributed by atoms with van der Waals surface area (Å²) in [6.45, 7) is 6.34. The van der Waals surface area contributed by atoms with Gasteiger partial charge in [0.2, 0.25) is 0 Å². The number of piperidine rings is 1. The summed E-state index contributed by atoms with van der Waals surface area (Å²) in [5, 5.41) is 0. The van der Waals surface area contributed by atoms with Gasteiger partial charge in [0.25, 0.3) is 0 Å². The summed E-state index contributed by atoms with van der Waals surface area (Å²) in [5.41, 5.74) is 6.63. The van der Waals surface area contributed by atoms with Gasteiger partial charge in [0.15, 0.2) is 0 Å². The van der Waals surface area contributed by atoms with Crippen LogP contribution >= 0.6 is 0 Å². The first-order valence-electron chi connectivity index (χ1n) is 8.00. The second-order valence-electron chi connectivity index (χ2n) is 5.61. The van der Waals surface area contributed by atoms with Crippen LogP contribution in [0.3, 0.4) is 0 Å². The van der Waals surface area contributed by atoms with Crippen LogP contribution in [0.15, 0.2) is 24.3 Å². The smallest absolute Gasteiger partial charge is 0.338 e. The Hall–Kier alpha value is -2.08. The molecule has 1 aromatic carbocycles. The number of hydrogen-bond acceptors (Lipinski definition) is 6. The molecule has 6 nitrogen and oxygen atoms in total. The lowest BCUT2D eigenvalue weighted by Crippen LogP contribution is -2.48. The van der Waals surface area contributed by atoms with Crippen LogP contribution in [0.2, 0.25) is 0 Å². The maximum atomic E-state index is 12.3. The number of esters is 2. The molecule has 1 heterocycles. The van der Waals surface area contributed by atoms with E-state index in [1.807, 2.05) is 6.92 Å². The third kappa shape index (κ3) is 4.45. The fourth-order valence-electron chi connectivity index (χ4n) is 2.73. The molecule has 0 bridgehead atoms. The molecule has 1 saturated heterocycles. The van der Waals surface area contributed by atoms with E-state index in [0.29, 0.717) is 30.8 Å². The van der Waals surface area contributed by atoms with Gasteiger partial charge < -0.3 is 20.1 Å². The number of nitrogens with two attached hydrogens (primary N) is 1. The number of nitrogen functional groups attached to an aromatic ring is 1. The predicted molar refractivity (Wildman–Crippen MR) is 86.9 cm³/mol. The van der Waals surface area contributed by atoms with E-state index in [0.717, 1.165) is 13.1 Å². The molecule has 0 aliphatic carbocycles. The molecule has 1 aliphatic rings. The van der Waals surface area contributed by atoms with Crippen molar-refractivity contribution in [1.29, 1.82) is 0 Å². The zero-order valence-electron chi connectivity index (χ0n) is 13.7. The van der Waals surface area contributed by atoms with Crippen LogP contribution < -0.4 is 5.73 Å². The summed E-state index contributed by atoms with van der Waals surface area (Å²) in [6, 6.07) is 6.55. The summed E-state index contributed by atoms with van der Waals surface area (Å²) in [6.07, 6.45) is 0.166. The van der Waals surface area contributed by atoms with E-state index < -0.39 is 18.0 Å². The van der Waals surface area contributed by atoms with E-state index in [2.05, 4.69) is 4.90 Å². The van der Waals surface area contributed by atoms with Gasteiger partial charge in [-0.1, -0.05) is 6.92 Å². The minimum Gasteiger partial charge on any atom is -0.466 e. The minimum absolute atomic E-state index is 0.305. The first-order valence-corrected chi connectivity index (χ1v) is 8.00. The average Bonchev–Trinajstić information content (AvgIpc) is 2.56. The zero-order valence-corrected chi connectivity index (χ0v) is 13.7. The maximum Gasteiger partial charge on any atom is 0.338 e. The molecule has 0 spiro atoms. The van der Waals surface area contributed by atoms with Gasteiger partial charge in [0, 0.05) is 18.8 Å². The maximum absolute atomic E-state index is 12.3. The van der Waals surface area contributed by atoms with Crippen LogP contribution in [-0.4, -0.2) is 49.2 Å². The first-order chi connectivity index (χ1) is 11.0. The Balaban J connectivity index is 2.07. The van der Waals surface area contributed by atoms with E-state index in [9.17, 15) is 9.59 Å². The van der Waals surface area contributed by atoms with Crippen LogP contribution in [0.1, 0.15) is 30.6 Å². The normalized spacial score (nSPS) is 21.7. The molecule has 2 atom stereocenters. The Kier molecular flexibility index (Phi) is 5.98. The highest BCUT2D eigenvalue weighted by molar-refractivity contribution is 5.90. The van der Waals surface area contributed by atoms with Crippen molar-refractivity contribution in [2.24, 2.45) is 5.92 Å². The van der Waals surface area contributed by atoms with Gasteiger partial charge in [-0.3, -0.25) is 4.79 Å². The van der Waals surface area contributed by atoms with Gasteiger partial charge in [-0.25, -0.2) is 4.79 Å². The molecule has 2 rings (SSSR count). The van der Waals surface area contributed by atoms with Crippen molar-refractivity contribution < 1.29 is 19.1 Å². The Labute approximate surface area is 136 Å². The predicted octanol–water partition coefficient (Wildman–Crippen LogP) is 1.70. The van der Waals surface area contributed by atoms with Crippen LogP contribution in [0.5, 0.6) is 0 Å². The molecule has 23 heavy (non-hydrogen) atoms. The van der Waals surface area contributed by atoms with Crippen molar-refractivity contribution in [3.63, 3.8) is 0 Å². The van der Waals surface area contributed by atoms with E-state index in [1.165, 1.54) is 0 Å². The summed E-state index contributed by atoms with van der Waals surface area (Å²) in [5.74, 6) is -1.18. The van der Waals surface area contributed by atoms with E-state index in [1.54, 1.807) is 31.2 Å². The van der Waals surface area contributed by atoms with Gasteiger partial charge in [-0.2, -0.15) is 0 Å². The molecule has 0 radical (unpaired) electrons. The number of carbonyl (C=O) groups is 2. The molecule has 2 unspecified atom stereocenters. The molecule has 126 valence electrons. The molecular formula is C17H24N2O4. The van der Waals surface area contributed by atoms with Crippen molar-refractivity contribution in [3.8, 4) is 0 Å². The highest BCUT2D eigenvalue weighted by atomic mass is 16.6. The molecule has 1 aromatic rings. The second-order valence-corrected chi connectivity index (χ2v) is 5.61. The highest BCUT2D eigenvalue weighted by Gasteiger charge is 2.37. The second kappa shape index (κ2) is 7.97. The molecule has 0 aromatic heterocycles. The number of ether oxygens (including phenoxy) is 2. The monoisotopic (exact) mass is 320 g/mol. The van der Waals surface area contributed by atoms with Gasteiger partial charge in [0.05, 0.1) is 12.2 Å². The Morgan fingerprint density at radius 3 is 2.57 bits per heavy atom. The number of rotatable bonds is 5. The number of benzene rings is 1. The molecular weight excluding hydrogens is 296 g/mol. The molecule has 1 fully saturated rings. The number of likely N-dealkylation sites (tertiary alicyclic amines) is 1. The van der Waals surface area contributed by atoms with Gasteiger partial charge >= 0.3 is 11.9 Å². The number of anilines is 1. The SMILES string of the molecule is CCOC(=O)C1CN(CC)CCC1OC(=O)c1ccc(N)cc1. The fraction of sp³-hybridized carbons (Fsp3) is 0.529. The molecule has 6 heteroatoms. The number of hydrogen-bond donors (Lipinski definition) is 1. The lowest BCUT2D eigenvalue weighted by Gasteiger charge is -2.36. The lowest BCUT2D eigenvalue weighted by molar-refractivity contribution is -0.155. The minimum atomic E-state index is -0.457. The van der Waals surface area contributed by atoms with Gasteiger partial charge in [-0.15, -0.1) is 0 Å². The topological polar surface area (TPSA) is 81.9 Å². The van der Waals surface area contributed by atoms with E-state index in [4.69, 9.17) is 15.2 Å². The average molecular weight is 320 g/mol. The van der Waals surface area contributed by atoms with E-state index in [-0.39, 0.29) is 5.97 Å². The Morgan fingerprint density at radius 1 is 1.26 bits per heavy atom. The van der Waals surface area contributed by atoms with Crippen LogP contribution in [0.4, 0.5) is 5.69 Å². The van der Waals surface area contributed by atoms with E-state index >= 15 is 0 Å². The highest BCUT2D eigenvalue weighted by Crippen LogP contribution is 2.23. The number of nitrogens with zero attached hydrogens (tertiary/aromatic N) is 1. The Morgan fingerprint density at radius 2 is 1.96 bits per heavy atom. The van der Waals surface area contributed by atoms with Crippen LogP contribution in [-0.2, 0) is 14.3 Å². The molecule has 0 amide bonds. The summed E-state index contributed by atoms with van der Waals surface area (Å²) in [4.78, 5) is 26.6. The standard InChI is InChI=1S/C17H24N2O4/c1-3-19-10-9-15(14(11-19)17(21)22-4-2)23-16(20)12-5-7-13(18)8-6-12/h5-8,14-15H,3-4,9-11,18H2,1-2H3. The largest absolute Gasteiger partial charge is 0.466 e. The van der Waals surface area contributed by atoms with Crippen molar-refractivity contribution >= 4 is 17.6 Å². The Bertz CT molecular complexity index is 544. The molecule has 0 saturated carbocycles. The fourth-order valence-corrected chi connectivity index (χ4v) is 2.73. The summed E-state index contributed by atoms with van der Waals surface area (Å²) in [7, 11) is 0. The van der Waals surface area contributed by atoms with Crippen molar-refractivity contribution in [2.75, 3.05) is 32.0 Å². The summed E-state index contributed by atoms with van der Waals surface area (Å²) < 4.78 is 10.7. The van der Waals surface area contributed by atoms with Crippen molar-refractivity contribution in [3.05, 3.63) is 29.8 Å². The van der Waals surface area contributed by atoms with Crippen LogP contribution in [0.25, 0.3) is 0 Å². The zero-order chi connectivity index (χ0) is 16.8. The van der Waals surface area contributed by atoms with Gasteiger partial charge in [-0.05, 0) is 44.2 Å². The third-order valence-electron chi connectivity index (χ3n) is 4.07. The third-order valence-corrected chi connectivity index (χ3v) is 4.07. The summed E-state index contributed by atoms with van der Waals surface area (Å²) >= 11 is 0. The molecule has 1 aliphatic heterocycles. The van der Waals surface area contributed by atoms with Crippen molar-refractivity contribution in [1.82, 2.24) is 4.90 Å². The van der Waals surface area contributed by atoms with Crippen molar-refractivity contribution in [2.45, 2.75) is 26.4 Å². The molecule has 2 N–H and O–H groups in total. The lowest BCUT2D eigenvalue weighted by atomic mass is 9.94. The first kappa shape index (κ1) is 17.3. The van der Waals surface area contributed by atoms with Gasteiger partial charge in [0.1, 0.15) is 12.0 Å². The number of carbonyl (C=O) groups excluding carboxylic acids is 2.